The third-order valence-corrected chi connectivity index (χ3v) is 3.84. The summed E-state index contributed by atoms with van der Waals surface area (Å²) < 4.78 is 12.7. The van der Waals surface area contributed by atoms with Crippen LogP contribution in [0.1, 0.15) is 10.4 Å². The minimum absolute atomic E-state index is 0.147. The Balaban J connectivity index is 2.04. The van der Waals surface area contributed by atoms with Gasteiger partial charge in [-0.2, -0.15) is 0 Å². The molecule has 0 aliphatic carbocycles. The highest BCUT2D eigenvalue weighted by atomic mass is 16.7. The molecule has 0 unspecified atom stereocenters. The molecule has 1 aliphatic heterocycles. The fraction of sp³-hybridized carbons (Fsp3) is 0.125. The van der Waals surface area contributed by atoms with Gasteiger partial charge < -0.3 is 19.8 Å². The molecule has 0 radical (unpaired) electrons. The van der Waals surface area contributed by atoms with Gasteiger partial charge in [-0.1, -0.05) is 0 Å². The minimum atomic E-state index is -0.505. The van der Waals surface area contributed by atoms with E-state index in [4.69, 9.17) is 15.2 Å². The molecule has 22 heavy (non-hydrogen) atoms. The van der Waals surface area contributed by atoms with Gasteiger partial charge in [-0.25, -0.2) is 4.98 Å². The van der Waals surface area contributed by atoms with E-state index in [2.05, 4.69) is 4.98 Å². The molecule has 2 N–H and O–H groups in total. The molecule has 0 saturated heterocycles. The van der Waals surface area contributed by atoms with Gasteiger partial charge in [0.15, 0.2) is 11.5 Å². The first-order valence-corrected chi connectivity index (χ1v) is 6.79. The number of carbonyl (C=O) groups excluding carboxylic acids is 1. The summed E-state index contributed by atoms with van der Waals surface area (Å²) in [7, 11) is 1.92. The number of pyridine rings is 1. The fourth-order valence-electron chi connectivity index (χ4n) is 2.77. The Morgan fingerprint density at radius 3 is 2.77 bits per heavy atom. The van der Waals surface area contributed by atoms with Crippen LogP contribution < -0.4 is 15.2 Å². The van der Waals surface area contributed by atoms with Gasteiger partial charge in [0.2, 0.25) is 12.7 Å². The molecule has 1 aliphatic rings. The molecule has 1 aromatic carbocycles. The first kappa shape index (κ1) is 12.7. The summed E-state index contributed by atoms with van der Waals surface area (Å²) in [5, 5.41) is 0.950. The second kappa shape index (κ2) is 4.49. The van der Waals surface area contributed by atoms with Gasteiger partial charge in [0, 0.05) is 24.8 Å². The molecule has 6 nitrogen and oxygen atoms in total. The number of primary amides is 1. The Kier molecular flexibility index (Phi) is 2.59. The zero-order valence-corrected chi connectivity index (χ0v) is 11.9. The van der Waals surface area contributed by atoms with Crippen LogP contribution in [-0.4, -0.2) is 22.3 Å². The fourth-order valence-corrected chi connectivity index (χ4v) is 2.77. The van der Waals surface area contributed by atoms with Crippen LogP contribution >= 0.6 is 0 Å². The van der Waals surface area contributed by atoms with Crippen LogP contribution in [-0.2, 0) is 7.05 Å². The van der Waals surface area contributed by atoms with Crippen molar-refractivity contribution < 1.29 is 14.3 Å². The molecule has 0 spiro atoms. The number of fused-ring (bicyclic) bond motifs is 2. The first-order valence-electron chi connectivity index (χ1n) is 6.79. The number of carbonyl (C=O) groups is 1. The molecule has 6 heteroatoms. The molecular formula is C16H13N3O3. The van der Waals surface area contributed by atoms with E-state index in [1.165, 1.54) is 0 Å². The number of hydrogen-bond acceptors (Lipinski definition) is 4. The van der Waals surface area contributed by atoms with Crippen molar-refractivity contribution in [3.8, 4) is 22.6 Å². The normalized spacial score (nSPS) is 12.8. The minimum Gasteiger partial charge on any atom is -0.454 e. The highest BCUT2D eigenvalue weighted by Crippen LogP contribution is 2.40. The van der Waals surface area contributed by atoms with Crippen molar-refractivity contribution in [1.82, 2.24) is 9.55 Å². The molecule has 4 rings (SSSR count). The van der Waals surface area contributed by atoms with Crippen molar-refractivity contribution in [2.75, 3.05) is 6.79 Å². The van der Waals surface area contributed by atoms with E-state index in [9.17, 15) is 4.79 Å². The highest BCUT2D eigenvalue weighted by Gasteiger charge is 2.21. The van der Waals surface area contributed by atoms with Crippen LogP contribution in [0.2, 0.25) is 0 Å². The van der Waals surface area contributed by atoms with E-state index < -0.39 is 5.91 Å². The molecular weight excluding hydrogens is 282 g/mol. The zero-order chi connectivity index (χ0) is 15.3. The van der Waals surface area contributed by atoms with E-state index in [1.54, 1.807) is 18.3 Å². The van der Waals surface area contributed by atoms with Crippen molar-refractivity contribution in [2.24, 2.45) is 12.8 Å². The number of nitrogens with two attached hydrogens (primary N) is 1. The molecule has 0 bridgehead atoms. The lowest BCUT2D eigenvalue weighted by molar-refractivity contribution is 0.100. The SMILES string of the molecule is Cn1ccc2c(-c3cc4c(cc3C(N)=O)OCO4)ccnc21. The highest BCUT2D eigenvalue weighted by molar-refractivity contribution is 6.05. The number of hydrogen-bond donors (Lipinski definition) is 1. The van der Waals surface area contributed by atoms with Crippen LogP contribution in [0, 0.1) is 0 Å². The quantitative estimate of drug-likeness (QED) is 0.785. The van der Waals surface area contributed by atoms with Crippen LogP contribution in [0.15, 0.2) is 36.7 Å². The van der Waals surface area contributed by atoms with Crippen LogP contribution in [0.5, 0.6) is 11.5 Å². The largest absolute Gasteiger partial charge is 0.454 e. The summed E-state index contributed by atoms with van der Waals surface area (Å²) in [4.78, 5) is 16.2. The van der Waals surface area contributed by atoms with Crippen molar-refractivity contribution in [3.05, 3.63) is 42.2 Å². The Morgan fingerprint density at radius 1 is 1.23 bits per heavy atom. The van der Waals surface area contributed by atoms with Gasteiger partial charge in [-0.15, -0.1) is 0 Å². The monoisotopic (exact) mass is 295 g/mol. The zero-order valence-electron chi connectivity index (χ0n) is 11.9. The van der Waals surface area contributed by atoms with Gasteiger partial charge in [0.05, 0.1) is 5.56 Å². The molecule has 3 aromatic rings. The summed E-state index contributed by atoms with van der Waals surface area (Å²) in [6, 6.07) is 7.26. The molecule has 3 heterocycles. The maximum Gasteiger partial charge on any atom is 0.249 e. The number of ether oxygens (including phenoxy) is 2. The van der Waals surface area contributed by atoms with E-state index in [1.807, 2.05) is 29.9 Å². The van der Waals surface area contributed by atoms with Gasteiger partial charge >= 0.3 is 0 Å². The van der Waals surface area contributed by atoms with Crippen molar-refractivity contribution in [2.45, 2.75) is 0 Å². The lowest BCUT2D eigenvalue weighted by Crippen LogP contribution is -2.12. The summed E-state index contributed by atoms with van der Waals surface area (Å²) in [6.45, 7) is 0.147. The third kappa shape index (κ3) is 1.74. The number of nitrogens with zero attached hydrogens (tertiary/aromatic N) is 2. The Bertz CT molecular complexity index is 914. The Labute approximate surface area is 126 Å². The van der Waals surface area contributed by atoms with Gasteiger partial charge in [-0.05, 0) is 35.4 Å². The van der Waals surface area contributed by atoms with E-state index in [-0.39, 0.29) is 6.79 Å². The number of benzene rings is 1. The van der Waals surface area contributed by atoms with Gasteiger partial charge in [0.1, 0.15) is 5.65 Å². The predicted octanol–water partition coefficient (Wildman–Crippen LogP) is 2.07. The average Bonchev–Trinajstić information content (AvgIpc) is 3.12. The van der Waals surface area contributed by atoms with E-state index >= 15 is 0 Å². The first-order chi connectivity index (χ1) is 10.6. The molecule has 110 valence electrons. The predicted molar refractivity (Wildman–Crippen MR) is 80.8 cm³/mol. The molecule has 0 saturated carbocycles. The Morgan fingerprint density at radius 2 is 2.00 bits per heavy atom. The third-order valence-electron chi connectivity index (χ3n) is 3.84. The maximum absolute atomic E-state index is 11.8. The Hall–Kier alpha value is -3.02. The number of aromatic nitrogens is 2. The molecule has 1 amide bonds. The number of aryl methyl sites for hydroxylation is 1. The van der Waals surface area contributed by atoms with E-state index in [0.717, 1.165) is 22.2 Å². The summed E-state index contributed by atoms with van der Waals surface area (Å²) in [5.41, 5.74) is 8.39. The average molecular weight is 295 g/mol. The standard InChI is InChI=1S/C16H13N3O3/c1-19-5-3-10-9(2-4-18-16(10)19)11-6-13-14(22-8-21-13)7-12(11)15(17)20/h2-7H,8H2,1H3,(H2,17,20). The van der Waals surface area contributed by atoms with Crippen LogP contribution in [0.25, 0.3) is 22.2 Å². The molecule has 2 aromatic heterocycles. The smallest absolute Gasteiger partial charge is 0.249 e. The maximum atomic E-state index is 11.8. The number of rotatable bonds is 2. The summed E-state index contributed by atoms with van der Waals surface area (Å²) in [5.74, 6) is 0.644. The van der Waals surface area contributed by atoms with Gasteiger partial charge in [0.25, 0.3) is 0 Å². The lowest BCUT2D eigenvalue weighted by Gasteiger charge is -2.10. The lowest BCUT2D eigenvalue weighted by atomic mass is 9.97. The summed E-state index contributed by atoms with van der Waals surface area (Å²) in [6.07, 6.45) is 3.64. The second-order valence-corrected chi connectivity index (χ2v) is 5.14. The van der Waals surface area contributed by atoms with Crippen LogP contribution in [0.3, 0.4) is 0 Å². The van der Waals surface area contributed by atoms with Crippen molar-refractivity contribution in [1.29, 1.82) is 0 Å². The van der Waals surface area contributed by atoms with Crippen LogP contribution in [0.4, 0.5) is 0 Å². The van der Waals surface area contributed by atoms with Crippen molar-refractivity contribution in [3.63, 3.8) is 0 Å². The van der Waals surface area contributed by atoms with Crippen molar-refractivity contribution >= 4 is 16.9 Å². The topological polar surface area (TPSA) is 79.4 Å². The molecule has 0 atom stereocenters. The molecule has 0 fully saturated rings. The van der Waals surface area contributed by atoms with Gasteiger partial charge in [-0.3, -0.25) is 4.79 Å². The number of amides is 1. The van der Waals surface area contributed by atoms with E-state index in [0.29, 0.717) is 17.1 Å². The second-order valence-electron chi connectivity index (χ2n) is 5.14. The summed E-state index contributed by atoms with van der Waals surface area (Å²) >= 11 is 0.